The summed E-state index contributed by atoms with van der Waals surface area (Å²) in [5.74, 6) is -0.965. The number of hydrogen-bond donors (Lipinski definition) is 1. The first-order valence-electron chi connectivity index (χ1n) is 5.40. The fraction of sp³-hybridized carbons (Fsp3) is 0.0833. The van der Waals surface area contributed by atoms with Gasteiger partial charge in [0, 0.05) is 5.56 Å². The molecule has 1 aromatic carbocycles. The predicted octanol–water partition coefficient (Wildman–Crippen LogP) is 3.17. The number of ether oxygens (including phenoxy) is 1. The van der Waals surface area contributed by atoms with Gasteiger partial charge in [0.15, 0.2) is 5.13 Å². The number of nitriles is 1. The Morgan fingerprint density at radius 1 is 1.33 bits per heavy atom. The van der Waals surface area contributed by atoms with Gasteiger partial charge in [-0.2, -0.15) is 5.26 Å². The van der Waals surface area contributed by atoms with Crippen molar-refractivity contribution >= 4 is 22.4 Å². The summed E-state index contributed by atoms with van der Waals surface area (Å²) in [6.45, 7) is 0. The van der Waals surface area contributed by atoms with Crippen LogP contribution in [0, 0.1) is 11.3 Å². The van der Waals surface area contributed by atoms with Gasteiger partial charge in [0.1, 0.15) is 16.7 Å². The molecule has 0 fully saturated rings. The molecule has 0 aliphatic carbocycles. The molecule has 5 nitrogen and oxygen atoms in total. The van der Waals surface area contributed by atoms with E-state index in [1.54, 1.807) is 0 Å². The van der Waals surface area contributed by atoms with Gasteiger partial charge in [0.05, 0.1) is 6.20 Å². The maximum absolute atomic E-state index is 12.0. The monoisotopic (exact) mass is 313 g/mol. The van der Waals surface area contributed by atoms with Gasteiger partial charge in [-0.1, -0.05) is 11.3 Å². The molecular weight excluding hydrogens is 307 g/mol. The molecule has 9 heteroatoms. The third-order valence-electron chi connectivity index (χ3n) is 2.19. The minimum atomic E-state index is -4.78. The molecule has 0 aliphatic heterocycles. The van der Waals surface area contributed by atoms with Crippen LogP contribution in [0.2, 0.25) is 0 Å². The first-order valence-corrected chi connectivity index (χ1v) is 6.22. The highest BCUT2D eigenvalue weighted by Gasteiger charge is 2.31. The second-order valence-corrected chi connectivity index (χ2v) is 4.70. The maximum atomic E-state index is 12.0. The molecule has 0 bridgehead atoms. The maximum Gasteiger partial charge on any atom is 0.573 e. The van der Waals surface area contributed by atoms with Crippen LogP contribution in [0.1, 0.15) is 15.2 Å². The van der Waals surface area contributed by atoms with Gasteiger partial charge in [-0.3, -0.25) is 10.1 Å². The lowest BCUT2D eigenvalue weighted by molar-refractivity contribution is -0.274. The molecule has 0 unspecified atom stereocenters. The molecule has 1 heterocycles. The average Bonchev–Trinajstić information content (AvgIpc) is 2.85. The van der Waals surface area contributed by atoms with Crippen LogP contribution in [0.25, 0.3) is 0 Å². The van der Waals surface area contributed by atoms with Gasteiger partial charge < -0.3 is 4.74 Å². The van der Waals surface area contributed by atoms with Gasteiger partial charge in [-0.15, -0.1) is 13.2 Å². The van der Waals surface area contributed by atoms with Crippen molar-refractivity contribution in [2.24, 2.45) is 0 Å². The molecule has 2 aromatic rings. The molecule has 0 saturated heterocycles. The Morgan fingerprint density at radius 3 is 2.52 bits per heavy atom. The second-order valence-electron chi connectivity index (χ2n) is 3.67. The summed E-state index contributed by atoms with van der Waals surface area (Å²) in [6, 6.07) is 6.32. The van der Waals surface area contributed by atoms with Crippen molar-refractivity contribution in [3.63, 3.8) is 0 Å². The summed E-state index contributed by atoms with van der Waals surface area (Å²) in [4.78, 5) is 16.0. The minimum Gasteiger partial charge on any atom is -0.406 e. The van der Waals surface area contributed by atoms with Crippen molar-refractivity contribution in [1.29, 1.82) is 5.26 Å². The molecule has 0 atom stereocenters. The number of carbonyl (C=O) groups excluding carboxylic acids is 1. The van der Waals surface area contributed by atoms with Crippen LogP contribution in [-0.2, 0) is 0 Å². The normalized spacial score (nSPS) is 10.8. The number of nitrogens with zero attached hydrogens (tertiary/aromatic N) is 2. The highest BCUT2D eigenvalue weighted by Crippen LogP contribution is 2.23. The van der Waals surface area contributed by atoms with Crippen LogP contribution < -0.4 is 10.1 Å². The van der Waals surface area contributed by atoms with Gasteiger partial charge >= 0.3 is 6.36 Å². The summed E-state index contributed by atoms with van der Waals surface area (Å²) < 4.78 is 39.7. The molecule has 0 aliphatic rings. The number of amides is 1. The Morgan fingerprint density at radius 2 is 2.00 bits per heavy atom. The number of hydrogen-bond acceptors (Lipinski definition) is 5. The number of alkyl halides is 3. The van der Waals surface area contributed by atoms with Gasteiger partial charge in [0.25, 0.3) is 5.91 Å². The van der Waals surface area contributed by atoms with E-state index < -0.39 is 18.0 Å². The van der Waals surface area contributed by atoms with Crippen LogP contribution in [0.4, 0.5) is 18.3 Å². The third-order valence-corrected chi connectivity index (χ3v) is 3.00. The Kier molecular flexibility index (Phi) is 4.09. The summed E-state index contributed by atoms with van der Waals surface area (Å²) in [6.07, 6.45) is -3.47. The zero-order valence-electron chi connectivity index (χ0n) is 10.1. The van der Waals surface area contributed by atoms with E-state index in [2.05, 4.69) is 15.0 Å². The Bertz CT molecular complexity index is 689. The number of nitrogens with one attached hydrogen (secondary N) is 1. The predicted molar refractivity (Wildman–Crippen MR) is 67.9 cm³/mol. The van der Waals surface area contributed by atoms with E-state index in [9.17, 15) is 18.0 Å². The van der Waals surface area contributed by atoms with Crippen molar-refractivity contribution in [2.75, 3.05) is 5.32 Å². The van der Waals surface area contributed by atoms with Crippen molar-refractivity contribution in [3.8, 4) is 11.8 Å². The van der Waals surface area contributed by atoms with Gasteiger partial charge in [0.2, 0.25) is 0 Å². The summed E-state index contributed by atoms with van der Waals surface area (Å²) in [7, 11) is 0. The van der Waals surface area contributed by atoms with E-state index in [0.717, 1.165) is 23.5 Å². The molecule has 1 aromatic heterocycles. The third kappa shape index (κ3) is 4.19. The number of halogens is 3. The Labute approximate surface area is 120 Å². The zero-order valence-corrected chi connectivity index (χ0v) is 11.0. The molecular formula is C12H6F3N3O2S. The molecule has 0 spiro atoms. The minimum absolute atomic E-state index is 0.137. The van der Waals surface area contributed by atoms with Crippen molar-refractivity contribution < 1.29 is 22.7 Å². The number of carbonyl (C=O) groups is 1. The Balaban J connectivity index is 2.04. The van der Waals surface area contributed by atoms with Crippen LogP contribution in [0.3, 0.4) is 0 Å². The number of anilines is 1. The highest BCUT2D eigenvalue weighted by molar-refractivity contribution is 7.16. The van der Waals surface area contributed by atoms with E-state index in [0.29, 0.717) is 4.88 Å². The van der Waals surface area contributed by atoms with E-state index in [-0.39, 0.29) is 10.7 Å². The summed E-state index contributed by atoms with van der Waals surface area (Å²) in [5.41, 5.74) is 0.137. The smallest absolute Gasteiger partial charge is 0.406 e. The van der Waals surface area contributed by atoms with Crippen LogP contribution in [0.15, 0.2) is 30.5 Å². The van der Waals surface area contributed by atoms with E-state index in [4.69, 9.17) is 5.26 Å². The van der Waals surface area contributed by atoms with Crippen LogP contribution in [0.5, 0.6) is 5.75 Å². The van der Waals surface area contributed by atoms with Crippen molar-refractivity contribution in [2.45, 2.75) is 6.36 Å². The number of rotatable bonds is 3. The topological polar surface area (TPSA) is 75.0 Å². The highest BCUT2D eigenvalue weighted by atomic mass is 32.1. The number of thiazole rings is 1. The lowest BCUT2D eigenvalue weighted by Gasteiger charge is -2.09. The number of aromatic nitrogens is 1. The van der Waals surface area contributed by atoms with Crippen molar-refractivity contribution in [3.05, 3.63) is 40.9 Å². The second kappa shape index (κ2) is 5.80. The standard InChI is InChI=1S/C12H6F3N3O2S/c13-12(14,15)20-8-3-1-7(2-4-8)10(19)18-11-17-6-9(5-16)21-11/h1-4,6H,(H,17,18,19). The van der Waals surface area contributed by atoms with Gasteiger partial charge in [-0.25, -0.2) is 4.98 Å². The van der Waals surface area contributed by atoms with E-state index in [1.807, 2.05) is 6.07 Å². The largest absolute Gasteiger partial charge is 0.573 e. The molecule has 1 N–H and O–H groups in total. The van der Waals surface area contributed by atoms with Gasteiger partial charge in [-0.05, 0) is 24.3 Å². The Hall–Kier alpha value is -2.60. The molecule has 108 valence electrons. The summed E-state index contributed by atoms with van der Waals surface area (Å²) >= 11 is 0.989. The SMILES string of the molecule is N#Cc1cnc(NC(=O)c2ccc(OC(F)(F)F)cc2)s1. The lowest BCUT2D eigenvalue weighted by atomic mass is 10.2. The quantitative estimate of drug-likeness (QED) is 0.944. The molecule has 0 radical (unpaired) electrons. The fourth-order valence-electron chi connectivity index (χ4n) is 1.36. The fourth-order valence-corrected chi connectivity index (χ4v) is 1.97. The number of benzene rings is 1. The van der Waals surface area contributed by atoms with Crippen LogP contribution >= 0.6 is 11.3 Å². The summed E-state index contributed by atoms with van der Waals surface area (Å²) in [5, 5.41) is 11.3. The average molecular weight is 313 g/mol. The molecule has 2 rings (SSSR count). The van der Waals surface area contributed by atoms with E-state index >= 15 is 0 Å². The lowest BCUT2D eigenvalue weighted by Crippen LogP contribution is -2.17. The molecule has 1 amide bonds. The molecule has 0 saturated carbocycles. The molecule has 21 heavy (non-hydrogen) atoms. The van der Waals surface area contributed by atoms with E-state index in [1.165, 1.54) is 18.3 Å². The van der Waals surface area contributed by atoms with Crippen molar-refractivity contribution in [1.82, 2.24) is 4.98 Å². The van der Waals surface area contributed by atoms with Crippen LogP contribution in [-0.4, -0.2) is 17.3 Å². The first kappa shape index (κ1) is 14.8. The zero-order chi connectivity index (χ0) is 15.5. The first-order chi connectivity index (χ1) is 9.87.